The van der Waals surface area contributed by atoms with Gasteiger partial charge >= 0.3 is 0 Å². The maximum absolute atomic E-state index is 2.22. The van der Waals surface area contributed by atoms with Gasteiger partial charge in [-0.3, -0.25) is 0 Å². The highest BCUT2D eigenvalue weighted by Crippen LogP contribution is 1.93. The summed E-state index contributed by atoms with van der Waals surface area (Å²) in [5, 5.41) is 0. The SMILES string of the molecule is CCC(C)N(C)C.CCCCN(C)C. The molecule has 0 bridgehead atoms. The molecule has 0 heterocycles. The Morgan fingerprint density at radius 2 is 1.50 bits per heavy atom. The first-order valence-corrected chi connectivity index (χ1v) is 5.76. The Kier molecular flexibility index (Phi) is 12.8. The Bertz CT molecular complexity index is 100. The van der Waals surface area contributed by atoms with Gasteiger partial charge in [0.25, 0.3) is 0 Å². The van der Waals surface area contributed by atoms with E-state index in [0.717, 1.165) is 6.04 Å². The molecule has 0 spiro atoms. The van der Waals surface area contributed by atoms with E-state index in [0.29, 0.717) is 0 Å². The summed E-state index contributed by atoms with van der Waals surface area (Å²) in [6.07, 6.45) is 3.87. The normalized spacial score (nSPS) is 12.6. The molecule has 0 radical (unpaired) electrons. The number of rotatable bonds is 5. The fraction of sp³-hybridized carbons (Fsp3) is 1.00. The van der Waals surface area contributed by atoms with Gasteiger partial charge in [-0.2, -0.15) is 0 Å². The predicted molar refractivity (Wildman–Crippen MR) is 66.9 cm³/mol. The average Bonchev–Trinajstić information content (AvgIpc) is 2.14. The van der Waals surface area contributed by atoms with Crippen molar-refractivity contribution in [3.63, 3.8) is 0 Å². The first kappa shape index (κ1) is 16.4. The molecule has 0 saturated carbocycles. The lowest BCUT2D eigenvalue weighted by molar-refractivity contribution is 0.307. The summed E-state index contributed by atoms with van der Waals surface area (Å²) in [6.45, 7) is 7.87. The van der Waals surface area contributed by atoms with Gasteiger partial charge in [0.1, 0.15) is 0 Å². The molecule has 0 rings (SSSR count). The van der Waals surface area contributed by atoms with Crippen molar-refractivity contribution >= 4 is 0 Å². The summed E-state index contributed by atoms with van der Waals surface area (Å²) in [4.78, 5) is 4.43. The number of hydrogen-bond acceptors (Lipinski definition) is 2. The summed E-state index contributed by atoms with van der Waals surface area (Å²) in [6, 6.07) is 0.736. The summed E-state index contributed by atoms with van der Waals surface area (Å²) in [5.41, 5.74) is 0. The fourth-order valence-corrected chi connectivity index (χ4v) is 0.839. The second-order valence-corrected chi connectivity index (χ2v) is 4.38. The molecule has 0 N–H and O–H groups in total. The van der Waals surface area contributed by atoms with Crippen molar-refractivity contribution < 1.29 is 0 Å². The fourth-order valence-electron chi connectivity index (χ4n) is 0.839. The molecule has 2 heteroatoms. The average molecular weight is 202 g/mol. The highest BCUT2D eigenvalue weighted by atomic mass is 15.1. The minimum absolute atomic E-state index is 0.736. The molecule has 0 aliphatic carbocycles. The van der Waals surface area contributed by atoms with E-state index >= 15 is 0 Å². The van der Waals surface area contributed by atoms with Crippen LogP contribution in [0.4, 0.5) is 0 Å². The molecule has 0 aromatic rings. The minimum atomic E-state index is 0.736. The van der Waals surface area contributed by atoms with E-state index in [1.54, 1.807) is 0 Å². The van der Waals surface area contributed by atoms with Crippen LogP contribution in [0.5, 0.6) is 0 Å². The van der Waals surface area contributed by atoms with E-state index in [1.165, 1.54) is 25.8 Å². The quantitative estimate of drug-likeness (QED) is 0.676. The molecule has 88 valence electrons. The summed E-state index contributed by atoms with van der Waals surface area (Å²) in [7, 11) is 8.42. The third-order valence-corrected chi connectivity index (χ3v) is 2.43. The maximum atomic E-state index is 2.22. The van der Waals surface area contributed by atoms with Crippen molar-refractivity contribution in [2.75, 3.05) is 34.7 Å². The van der Waals surface area contributed by atoms with E-state index in [1.807, 2.05) is 0 Å². The zero-order chi connectivity index (χ0) is 11.6. The van der Waals surface area contributed by atoms with Gasteiger partial charge in [-0.15, -0.1) is 0 Å². The second kappa shape index (κ2) is 11.0. The first-order valence-electron chi connectivity index (χ1n) is 5.76. The molecular formula is C12H30N2. The lowest BCUT2D eigenvalue weighted by Gasteiger charge is -2.16. The summed E-state index contributed by atoms with van der Waals surface area (Å²) >= 11 is 0. The molecule has 0 aliphatic rings. The van der Waals surface area contributed by atoms with Crippen molar-refractivity contribution in [1.29, 1.82) is 0 Å². The van der Waals surface area contributed by atoms with Crippen LogP contribution in [-0.4, -0.2) is 50.6 Å². The number of unbranched alkanes of at least 4 members (excludes halogenated alkanes) is 1. The third-order valence-electron chi connectivity index (χ3n) is 2.43. The molecule has 0 fully saturated rings. The molecule has 0 aliphatic heterocycles. The van der Waals surface area contributed by atoms with Crippen molar-refractivity contribution in [1.82, 2.24) is 9.80 Å². The Morgan fingerprint density at radius 3 is 1.57 bits per heavy atom. The molecule has 0 aromatic carbocycles. The molecule has 0 saturated heterocycles. The lowest BCUT2D eigenvalue weighted by Crippen LogP contribution is -2.23. The third kappa shape index (κ3) is 14.4. The van der Waals surface area contributed by atoms with Crippen LogP contribution in [-0.2, 0) is 0 Å². The zero-order valence-corrected chi connectivity index (χ0v) is 11.3. The molecule has 1 unspecified atom stereocenters. The van der Waals surface area contributed by atoms with Crippen molar-refractivity contribution in [2.45, 2.75) is 46.1 Å². The van der Waals surface area contributed by atoms with Crippen LogP contribution in [0.3, 0.4) is 0 Å². The number of hydrogen-bond donors (Lipinski definition) is 0. The van der Waals surface area contributed by atoms with Gasteiger partial charge in [0.05, 0.1) is 0 Å². The van der Waals surface area contributed by atoms with Crippen molar-refractivity contribution in [3.05, 3.63) is 0 Å². The largest absolute Gasteiger partial charge is 0.309 e. The van der Waals surface area contributed by atoms with Crippen LogP contribution in [0, 0.1) is 0 Å². The second-order valence-electron chi connectivity index (χ2n) is 4.38. The van der Waals surface area contributed by atoms with Gasteiger partial charge < -0.3 is 9.80 Å². The topological polar surface area (TPSA) is 6.48 Å². The smallest absolute Gasteiger partial charge is 0.00582 e. The van der Waals surface area contributed by atoms with Crippen LogP contribution < -0.4 is 0 Å². The van der Waals surface area contributed by atoms with E-state index in [4.69, 9.17) is 0 Å². The van der Waals surface area contributed by atoms with Gasteiger partial charge in [0, 0.05) is 6.04 Å². The molecular weight excluding hydrogens is 172 g/mol. The Balaban J connectivity index is 0. The summed E-state index contributed by atoms with van der Waals surface area (Å²) in [5.74, 6) is 0. The maximum Gasteiger partial charge on any atom is 0.00582 e. The van der Waals surface area contributed by atoms with Crippen LogP contribution >= 0.6 is 0 Å². The van der Waals surface area contributed by atoms with Gasteiger partial charge in [0.15, 0.2) is 0 Å². The molecule has 0 amide bonds. The van der Waals surface area contributed by atoms with E-state index in [9.17, 15) is 0 Å². The Labute approximate surface area is 91.3 Å². The monoisotopic (exact) mass is 202 g/mol. The highest BCUT2D eigenvalue weighted by molar-refractivity contribution is 4.53. The van der Waals surface area contributed by atoms with Gasteiger partial charge in [-0.1, -0.05) is 20.3 Å². The minimum Gasteiger partial charge on any atom is -0.309 e. The number of nitrogens with zero attached hydrogens (tertiary/aromatic N) is 2. The predicted octanol–water partition coefficient (Wildman–Crippen LogP) is 2.69. The van der Waals surface area contributed by atoms with Crippen LogP contribution in [0.2, 0.25) is 0 Å². The van der Waals surface area contributed by atoms with Gasteiger partial charge in [-0.25, -0.2) is 0 Å². The van der Waals surface area contributed by atoms with Gasteiger partial charge in [-0.05, 0) is 54.5 Å². The van der Waals surface area contributed by atoms with E-state index in [2.05, 4.69) is 58.8 Å². The lowest BCUT2D eigenvalue weighted by atomic mass is 10.2. The van der Waals surface area contributed by atoms with Crippen LogP contribution in [0.1, 0.15) is 40.0 Å². The van der Waals surface area contributed by atoms with E-state index < -0.39 is 0 Å². The Morgan fingerprint density at radius 1 is 1.00 bits per heavy atom. The molecule has 1 atom stereocenters. The van der Waals surface area contributed by atoms with Crippen LogP contribution in [0.25, 0.3) is 0 Å². The molecule has 14 heavy (non-hydrogen) atoms. The van der Waals surface area contributed by atoms with Crippen molar-refractivity contribution in [2.24, 2.45) is 0 Å². The van der Waals surface area contributed by atoms with Crippen LogP contribution in [0.15, 0.2) is 0 Å². The summed E-state index contributed by atoms with van der Waals surface area (Å²) < 4.78 is 0. The Hall–Kier alpha value is -0.0800. The highest BCUT2D eigenvalue weighted by Gasteiger charge is 1.97. The zero-order valence-electron chi connectivity index (χ0n) is 11.3. The van der Waals surface area contributed by atoms with Crippen molar-refractivity contribution in [3.8, 4) is 0 Å². The van der Waals surface area contributed by atoms with E-state index in [-0.39, 0.29) is 0 Å². The molecule has 0 aromatic heterocycles. The first-order chi connectivity index (χ1) is 6.45. The standard InChI is InChI=1S/2C6H15N/c1-5-6(2)7(3)4;1-4-5-6-7(2)3/h6H,5H2,1-4H3;4-6H2,1-3H3. The van der Waals surface area contributed by atoms with Gasteiger partial charge in [0.2, 0.25) is 0 Å². The molecule has 2 nitrogen and oxygen atoms in total.